The van der Waals surface area contributed by atoms with Crippen molar-refractivity contribution in [3.8, 4) is 0 Å². The zero-order chi connectivity index (χ0) is 13.1. The van der Waals surface area contributed by atoms with Gasteiger partial charge in [0.2, 0.25) is 11.8 Å². The van der Waals surface area contributed by atoms with E-state index < -0.39 is 0 Å². The van der Waals surface area contributed by atoms with Gasteiger partial charge < -0.3 is 14.8 Å². The molecule has 3 N–H and O–H groups in total. The van der Waals surface area contributed by atoms with E-state index in [1.807, 2.05) is 0 Å². The number of nitrogens with zero attached hydrogens (tertiary/aromatic N) is 2. The van der Waals surface area contributed by atoms with Crippen molar-refractivity contribution < 1.29 is 9.32 Å². The Balaban J connectivity index is 2.07. The molecule has 18 heavy (non-hydrogen) atoms. The fraction of sp³-hybridized carbons (Fsp3) is 0.182. The third kappa shape index (κ3) is 2.76. The molecule has 0 aromatic carbocycles. The molecule has 2 heterocycles. The molecule has 0 fully saturated rings. The number of amides is 1. The second kappa shape index (κ2) is 4.74. The molecule has 2 aromatic rings. The number of carbonyl (C=O) groups excluding carboxylic acids is 1. The molecule has 0 bridgehead atoms. The monoisotopic (exact) mass is 248 g/mol. The number of anilines is 2. The van der Waals surface area contributed by atoms with Crippen molar-refractivity contribution in [3.63, 3.8) is 0 Å². The summed E-state index contributed by atoms with van der Waals surface area (Å²) in [4.78, 5) is 23.1. The first-order valence-corrected chi connectivity index (χ1v) is 5.24. The van der Waals surface area contributed by atoms with Gasteiger partial charge in [-0.2, -0.15) is 0 Å². The maximum atomic E-state index is 11.7. The van der Waals surface area contributed by atoms with Crippen LogP contribution in [-0.4, -0.2) is 15.6 Å². The average molecular weight is 248 g/mol. The van der Waals surface area contributed by atoms with Crippen molar-refractivity contribution in [2.24, 2.45) is 0 Å². The molecule has 1 amide bonds. The third-order valence-corrected chi connectivity index (χ3v) is 2.21. The Morgan fingerprint density at radius 1 is 1.56 bits per heavy atom. The number of pyridine rings is 1. The Kier molecular flexibility index (Phi) is 3.13. The van der Waals surface area contributed by atoms with Crippen LogP contribution in [0.3, 0.4) is 0 Å². The molecule has 2 rings (SSSR count). The lowest BCUT2D eigenvalue weighted by Gasteiger charge is -2.05. The van der Waals surface area contributed by atoms with Crippen molar-refractivity contribution in [3.05, 3.63) is 40.4 Å². The lowest BCUT2D eigenvalue weighted by atomic mass is 10.4. The summed E-state index contributed by atoms with van der Waals surface area (Å²) in [6.45, 7) is 1.60. The summed E-state index contributed by atoms with van der Waals surface area (Å²) in [7, 11) is 0. The van der Waals surface area contributed by atoms with Crippen LogP contribution in [0.5, 0.6) is 0 Å². The van der Waals surface area contributed by atoms with Gasteiger partial charge >= 0.3 is 0 Å². The summed E-state index contributed by atoms with van der Waals surface area (Å²) >= 11 is 0. The van der Waals surface area contributed by atoms with Gasteiger partial charge in [0.25, 0.3) is 5.56 Å². The van der Waals surface area contributed by atoms with E-state index in [0.29, 0.717) is 11.4 Å². The number of aryl methyl sites for hydroxylation is 1. The van der Waals surface area contributed by atoms with Crippen LogP contribution in [0.2, 0.25) is 0 Å². The van der Waals surface area contributed by atoms with Crippen molar-refractivity contribution >= 4 is 17.5 Å². The SMILES string of the molecule is Cc1cc(NC(=O)Cn2cc(N)ccc2=O)on1. The number of carbonyl (C=O) groups is 1. The Hall–Kier alpha value is -2.57. The third-order valence-electron chi connectivity index (χ3n) is 2.21. The standard InChI is InChI=1S/C11H12N4O3/c1-7-4-10(18-14-7)13-9(16)6-15-5-8(12)2-3-11(15)17/h2-5H,6,12H2,1H3,(H,13,16). The van der Waals surface area contributed by atoms with E-state index in [4.69, 9.17) is 10.3 Å². The Bertz CT molecular complexity index is 629. The second-order valence-corrected chi connectivity index (χ2v) is 3.81. The van der Waals surface area contributed by atoms with Crippen LogP contribution in [-0.2, 0) is 11.3 Å². The van der Waals surface area contributed by atoms with E-state index in [1.165, 1.54) is 22.9 Å². The molecule has 94 valence electrons. The van der Waals surface area contributed by atoms with Crippen LogP contribution in [0, 0.1) is 6.92 Å². The lowest BCUT2D eigenvalue weighted by Crippen LogP contribution is -2.26. The van der Waals surface area contributed by atoms with Crippen molar-refractivity contribution in [2.75, 3.05) is 11.1 Å². The molecule has 0 unspecified atom stereocenters. The highest BCUT2D eigenvalue weighted by Gasteiger charge is 2.08. The fourth-order valence-electron chi connectivity index (χ4n) is 1.43. The smallest absolute Gasteiger partial charge is 0.251 e. The van der Waals surface area contributed by atoms with Gasteiger partial charge in [-0.05, 0) is 13.0 Å². The normalized spacial score (nSPS) is 10.3. The number of hydrogen-bond donors (Lipinski definition) is 2. The molecule has 0 aliphatic rings. The zero-order valence-electron chi connectivity index (χ0n) is 9.71. The largest absolute Gasteiger partial charge is 0.398 e. The molecular formula is C11H12N4O3. The van der Waals surface area contributed by atoms with E-state index in [9.17, 15) is 9.59 Å². The first kappa shape index (κ1) is 11.9. The minimum absolute atomic E-state index is 0.135. The predicted molar refractivity (Wildman–Crippen MR) is 65.0 cm³/mol. The molecule has 0 saturated heterocycles. The summed E-state index contributed by atoms with van der Waals surface area (Å²) in [6, 6.07) is 4.37. The average Bonchev–Trinajstić information content (AvgIpc) is 2.69. The molecule has 2 aromatic heterocycles. The minimum atomic E-state index is -0.390. The summed E-state index contributed by atoms with van der Waals surface area (Å²) in [6.07, 6.45) is 1.41. The van der Waals surface area contributed by atoms with Crippen LogP contribution in [0.4, 0.5) is 11.6 Å². The topological polar surface area (TPSA) is 103 Å². The second-order valence-electron chi connectivity index (χ2n) is 3.81. The highest BCUT2D eigenvalue weighted by Crippen LogP contribution is 2.08. The highest BCUT2D eigenvalue weighted by atomic mass is 16.5. The molecule has 0 aliphatic carbocycles. The molecule has 0 saturated carbocycles. The summed E-state index contributed by atoms with van der Waals surface area (Å²) in [5, 5.41) is 6.12. The van der Waals surface area contributed by atoms with E-state index in [1.54, 1.807) is 13.0 Å². The van der Waals surface area contributed by atoms with Gasteiger partial charge in [0.15, 0.2) is 0 Å². The number of hydrogen-bond acceptors (Lipinski definition) is 5. The van der Waals surface area contributed by atoms with Crippen LogP contribution >= 0.6 is 0 Å². The van der Waals surface area contributed by atoms with Crippen molar-refractivity contribution in [1.29, 1.82) is 0 Å². The zero-order valence-corrected chi connectivity index (χ0v) is 9.71. The van der Waals surface area contributed by atoms with E-state index >= 15 is 0 Å². The first-order valence-electron chi connectivity index (χ1n) is 5.24. The Morgan fingerprint density at radius 3 is 3.00 bits per heavy atom. The van der Waals surface area contributed by atoms with Crippen molar-refractivity contribution in [2.45, 2.75) is 13.5 Å². The number of nitrogens with one attached hydrogen (secondary N) is 1. The van der Waals surface area contributed by atoms with Gasteiger partial charge in [0, 0.05) is 24.0 Å². The molecule has 0 radical (unpaired) electrons. The van der Waals surface area contributed by atoms with Gasteiger partial charge in [0.1, 0.15) is 6.54 Å². The summed E-state index contributed by atoms with van der Waals surface area (Å²) < 4.78 is 6.05. The summed E-state index contributed by atoms with van der Waals surface area (Å²) in [5.41, 5.74) is 6.31. The van der Waals surface area contributed by atoms with E-state index in [0.717, 1.165) is 0 Å². The molecule has 0 atom stereocenters. The minimum Gasteiger partial charge on any atom is -0.398 e. The van der Waals surface area contributed by atoms with Crippen LogP contribution < -0.4 is 16.6 Å². The van der Waals surface area contributed by atoms with Gasteiger partial charge in [-0.1, -0.05) is 5.16 Å². The Morgan fingerprint density at radius 2 is 2.33 bits per heavy atom. The molecule has 0 aliphatic heterocycles. The number of nitrogen functional groups attached to an aromatic ring is 1. The number of nitrogens with two attached hydrogens (primary N) is 1. The van der Waals surface area contributed by atoms with Crippen LogP contribution in [0.1, 0.15) is 5.69 Å². The van der Waals surface area contributed by atoms with Crippen LogP contribution in [0.15, 0.2) is 33.7 Å². The number of rotatable bonds is 3. The maximum absolute atomic E-state index is 11.7. The number of aromatic nitrogens is 2. The molecule has 7 heteroatoms. The fourth-order valence-corrected chi connectivity index (χ4v) is 1.43. The molecule has 0 spiro atoms. The van der Waals surface area contributed by atoms with E-state index in [-0.39, 0.29) is 23.9 Å². The molecular weight excluding hydrogens is 236 g/mol. The lowest BCUT2D eigenvalue weighted by molar-refractivity contribution is -0.116. The summed E-state index contributed by atoms with van der Waals surface area (Å²) in [5.74, 6) is -0.145. The van der Waals surface area contributed by atoms with E-state index in [2.05, 4.69) is 10.5 Å². The van der Waals surface area contributed by atoms with Gasteiger partial charge in [-0.3, -0.25) is 14.9 Å². The maximum Gasteiger partial charge on any atom is 0.251 e. The van der Waals surface area contributed by atoms with Gasteiger partial charge in [0.05, 0.1) is 5.69 Å². The predicted octanol–water partition coefficient (Wildman–Crippen LogP) is 0.366. The first-order chi connectivity index (χ1) is 8.54. The van der Waals surface area contributed by atoms with Crippen LogP contribution in [0.25, 0.3) is 0 Å². The molecule has 7 nitrogen and oxygen atoms in total. The Labute approximate surface area is 102 Å². The quantitative estimate of drug-likeness (QED) is 0.816. The highest BCUT2D eigenvalue weighted by molar-refractivity contribution is 5.89. The van der Waals surface area contributed by atoms with Crippen molar-refractivity contribution in [1.82, 2.24) is 9.72 Å². The van der Waals surface area contributed by atoms with Gasteiger partial charge in [-0.15, -0.1) is 0 Å². The van der Waals surface area contributed by atoms with Gasteiger partial charge in [-0.25, -0.2) is 0 Å².